The summed E-state index contributed by atoms with van der Waals surface area (Å²) < 4.78 is 5.55. The van der Waals surface area contributed by atoms with Crippen molar-refractivity contribution >= 4 is 0 Å². The van der Waals surface area contributed by atoms with Crippen molar-refractivity contribution in [3.63, 3.8) is 0 Å². The number of furan rings is 1. The van der Waals surface area contributed by atoms with Crippen molar-refractivity contribution in [2.24, 2.45) is 5.41 Å². The van der Waals surface area contributed by atoms with E-state index in [0.29, 0.717) is 11.5 Å². The molecule has 2 nitrogen and oxygen atoms in total. The Morgan fingerprint density at radius 3 is 3.12 bits per heavy atom. The first-order valence-electron chi connectivity index (χ1n) is 5.82. The lowest BCUT2D eigenvalue weighted by Gasteiger charge is -2.34. The van der Waals surface area contributed by atoms with Gasteiger partial charge in [0.2, 0.25) is 0 Å². The molecule has 2 heteroatoms. The van der Waals surface area contributed by atoms with Gasteiger partial charge in [-0.2, -0.15) is 0 Å². The van der Waals surface area contributed by atoms with E-state index in [4.69, 9.17) is 4.42 Å². The summed E-state index contributed by atoms with van der Waals surface area (Å²) in [6.07, 6.45) is 3.98. The number of fused-ring (bicyclic) bond motifs is 1. The van der Waals surface area contributed by atoms with Gasteiger partial charge in [-0.05, 0) is 24.8 Å². The summed E-state index contributed by atoms with van der Waals surface area (Å²) in [7, 11) is 0. The molecule has 0 saturated heterocycles. The van der Waals surface area contributed by atoms with Gasteiger partial charge in [-0.25, -0.2) is 0 Å². The van der Waals surface area contributed by atoms with Gasteiger partial charge in [-0.15, -0.1) is 5.92 Å². The number of hydrogen-bond donors (Lipinski definition) is 1. The Morgan fingerprint density at radius 1 is 1.56 bits per heavy atom. The fourth-order valence-corrected chi connectivity index (χ4v) is 2.42. The van der Waals surface area contributed by atoms with E-state index in [0.717, 1.165) is 25.1 Å². The van der Waals surface area contributed by atoms with Gasteiger partial charge in [0, 0.05) is 18.0 Å². The maximum absolute atomic E-state index is 5.55. The molecule has 0 bridgehead atoms. The highest BCUT2D eigenvalue weighted by atomic mass is 16.3. The van der Waals surface area contributed by atoms with Gasteiger partial charge in [0.15, 0.2) is 0 Å². The molecule has 16 heavy (non-hydrogen) atoms. The summed E-state index contributed by atoms with van der Waals surface area (Å²) >= 11 is 0. The highest BCUT2D eigenvalue weighted by Gasteiger charge is 2.33. The van der Waals surface area contributed by atoms with E-state index < -0.39 is 0 Å². The second kappa shape index (κ2) is 4.35. The molecule has 1 unspecified atom stereocenters. The average molecular weight is 217 g/mol. The topological polar surface area (TPSA) is 25.2 Å². The highest BCUT2D eigenvalue weighted by molar-refractivity contribution is 5.26. The molecule has 1 aliphatic rings. The van der Waals surface area contributed by atoms with Crippen LogP contribution < -0.4 is 5.32 Å². The lowest BCUT2D eigenvalue weighted by Crippen LogP contribution is -2.32. The molecule has 2 rings (SSSR count). The van der Waals surface area contributed by atoms with Gasteiger partial charge in [0.1, 0.15) is 5.76 Å². The molecular formula is C14H19NO. The minimum Gasteiger partial charge on any atom is -0.469 e. The minimum absolute atomic E-state index is 0.308. The lowest BCUT2D eigenvalue weighted by atomic mass is 9.75. The summed E-state index contributed by atoms with van der Waals surface area (Å²) in [6, 6.07) is 2.47. The maximum atomic E-state index is 5.55. The van der Waals surface area contributed by atoms with Crippen LogP contribution in [0, 0.1) is 17.3 Å². The van der Waals surface area contributed by atoms with Crippen LogP contribution in [0.3, 0.4) is 0 Å². The monoisotopic (exact) mass is 217 g/mol. The van der Waals surface area contributed by atoms with Gasteiger partial charge in [0.05, 0.1) is 12.8 Å². The summed E-state index contributed by atoms with van der Waals surface area (Å²) in [5.74, 6) is 7.10. The molecule has 1 aromatic rings. The fraction of sp³-hybridized carbons (Fsp3) is 0.571. The number of rotatable bonds is 2. The number of hydrogen-bond acceptors (Lipinski definition) is 2. The Morgan fingerprint density at radius 2 is 2.38 bits per heavy atom. The molecule has 0 saturated carbocycles. The summed E-state index contributed by atoms with van der Waals surface area (Å²) in [6.45, 7) is 7.20. The SMILES string of the molecule is CC#CCNC1CC(C)(C)Cc2occc21. The molecule has 1 aliphatic carbocycles. The Kier molecular flexibility index (Phi) is 3.07. The molecule has 0 aromatic carbocycles. The molecule has 0 radical (unpaired) electrons. The molecule has 0 fully saturated rings. The van der Waals surface area contributed by atoms with Crippen LogP contribution in [-0.4, -0.2) is 6.54 Å². The molecular weight excluding hydrogens is 198 g/mol. The number of nitrogens with one attached hydrogen (secondary N) is 1. The van der Waals surface area contributed by atoms with Crippen LogP contribution in [0.4, 0.5) is 0 Å². The largest absolute Gasteiger partial charge is 0.469 e. The first kappa shape index (κ1) is 11.3. The van der Waals surface area contributed by atoms with E-state index in [2.05, 4.69) is 37.1 Å². The van der Waals surface area contributed by atoms with E-state index in [1.807, 2.05) is 6.92 Å². The second-order valence-electron chi connectivity index (χ2n) is 5.20. The molecule has 1 atom stereocenters. The van der Waals surface area contributed by atoms with Crippen molar-refractivity contribution in [2.45, 2.75) is 39.7 Å². The van der Waals surface area contributed by atoms with Crippen LogP contribution in [0.15, 0.2) is 16.7 Å². The molecule has 1 N–H and O–H groups in total. The maximum Gasteiger partial charge on any atom is 0.109 e. The van der Waals surface area contributed by atoms with E-state index in [9.17, 15) is 0 Å². The van der Waals surface area contributed by atoms with Crippen molar-refractivity contribution in [2.75, 3.05) is 6.54 Å². The first-order chi connectivity index (χ1) is 7.62. The third-order valence-electron chi connectivity index (χ3n) is 3.16. The normalized spacial score (nSPS) is 22.1. The zero-order valence-corrected chi connectivity index (χ0v) is 10.3. The third kappa shape index (κ3) is 2.31. The predicted molar refractivity (Wildman–Crippen MR) is 65.0 cm³/mol. The molecule has 0 aliphatic heterocycles. The third-order valence-corrected chi connectivity index (χ3v) is 3.16. The van der Waals surface area contributed by atoms with Crippen LogP contribution in [0.25, 0.3) is 0 Å². The molecule has 0 amide bonds. The smallest absolute Gasteiger partial charge is 0.109 e. The zero-order valence-electron chi connectivity index (χ0n) is 10.3. The standard InChI is InChI=1S/C14H19NO/c1-4-5-7-15-12-9-14(2,3)10-13-11(12)6-8-16-13/h6,8,12,15H,7,9-10H2,1-3H3. The van der Waals surface area contributed by atoms with Crippen LogP contribution in [0.1, 0.15) is 44.6 Å². The second-order valence-corrected chi connectivity index (χ2v) is 5.20. The predicted octanol–water partition coefficient (Wildman–Crippen LogP) is 2.91. The Balaban J connectivity index is 2.15. The molecule has 1 aromatic heterocycles. The van der Waals surface area contributed by atoms with Crippen molar-refractivity contribution in [3.8, 4) is 11.8 Å². The molecule has 0 spiro atoms. The quantitative estimate of drug-likeness (QED) is 0.770. The van der Waals surface area contributed by atoms with Gasteiger partial charge >= 0.3 is 0 Å². The first-order valence-corrected chi connectivity index (χ1v) is 5.82. The van der Waals surface area contributed by atoms with Crippen LogP contribution in [0.2, 0.25) is 0 Å². The van der Waals surface area contributed by atoms with Crippen molar-refractivity contribution in [1.82, 2.24) is 5.32 Å². The van der Waals surface area contributed by atoms with Crippen LogP contribution >= 0.6 is 0 Å². The Hall–Kier alpha value is -1.20. The van der Waals surface area contributed by atoms with Gasteiger partial charge in [0.25, 0.3) is 0 Å². The Labute approximate surface area is 97.4 Å². The lowest BCUT2D eigenvalue weighted by molar-refractivity contribution is 0.239. The summed E-state index contributed by atoms with van der Waals surface area (Å²) in [5, 5.41) is 3.49. The Bertz CT molecular complexity index is 419. The van der Waals surface area contributed by atoms with E-state index in [1.165, 1.54) is 5.56 Å². The highest BCUT2D eigenvalue weighted by Crippen LogP contribution is 2.40. The zero-order chi connectivity index (χ0) is 11.6. The van der Waals surface area contributed by atoms with Crippen molar-refractivity contribution in [3.05, 3.63) is 23.7 Å². The van der Waals surface area contributed by atoms with Crippen LogP contribution in [0.5, 0.6) is 0 Å². The summed E-state index contributed by atoms with van der Waals surface area (Å²) in [4.78, 5) is 0. The molecule has 86 valence electrons. The van der Waals surface area contributed by atoms with E-state index in [1.54, 1.807) is 6.26 Å². The van der Waals surface area contributed by atoms with Gasteiger partial charge in [-0.1, -0.05) is 19.8 Å². The van der Waals surface area contributed by atoms with Crippen molar-refractivity contribution < 1.29 is 4.42 Å². The van der Waals surface area contributed by atoms with Crippen molar-refractivity contribution in [1.29, 1.82) is 0 Å². The minimum atomic E-state index is 0.308. The van der Waals surface area contributed by atoms with Gasteiger partial charge in [-0.3, -0.25) is 5.32 Å². The fourth-order valence-electron chi connectivity index (χ4n) is 2.42. The van der Waals surface area contributed by atoms with E-state index >= 15 is 0 Å². The molecule has 1 heterocycles. The van der Waals surface area contributed by atoms with Gasteiger partial charge < -0.3 is 4.42 Å². The van der Waals surface area contributed by atoms with Crippen LogP contribution in [-0.2, 0) is 6.42 Å². The average Bonchev–Trinajstić information content (AvgIpc) is 2.64. The van der Waals surface area contributed by atoms with E-state index in [-0.39, 0.29) is 0 Å². The summed E-state index contributed by atoms with van der Waals surface area (Å²) in [5.41, 5.74) is 1.62.